The Hall–Kier alpha value is -2.33. The molecule has 5 heteroatoms. The van der Waals surface area contributed by atoms with Crippen molar-refractivity contribution in [1.82, 2.24) is 5.32 Å². The number of halogens is 1. The van der Waals surface area contributed by atoms with Crippen LogP contribution in [0.2, 0.25) is 5.02 Å². The number of hydrogen-bond donors (Lipinski definition) is 2. The van der Waals surface area contributed by atoms with Gasteiger partial charge in [-0.25, -0.2) is 0 Å². The van der Waals surface area contributed by atoms with Gasteiger partial charge < -0.3 is 10.6 Å². The molecule has 2 N–H and O–H groups in total. The minimum absolute atomic E-state index is 0.0216. The Morgan fingerprint density at radius 2 is 1.54 bits per heavy atom. The summed E-state index contributed by atoms with van der Waals surface area (Å²) in [6.45, 7) is 5.81. The van der Waals surface area contributed by atoms with Crippen molar-refractivity contribution >= 4 is 29.1 Å². The molecule has 4 nitrogen and oxygen atoms in total. The molecule has 2 aromatic rings. The minimum atomic E-state index is -0.465. The van der Waals surface area contributed by atoms with Crippen LogP contribution in [0.3, 0.4) is 0 Å². The zero-order chi connectivity index (χ0) is 18.9. The van der Waals surface area contributed by atoms with E-state index >= 15 is 0 Å². The molecular formula is C21H23ClN2O2. The van der Waals surface area contributed by atoms with Gasteiger partial charge in [-0.1, -0.05) is 23.7 Å². The molecule has 1 aliphatic rings. The summed E-state index contributed by atoms with van der Waals surface area (Å²) in [5.41, 5.74) is 1.48. The highest BCUT2D eigenvalue weighted by molar-refractivity contribution is 6.30. The predicted molar refractivity (Wildman–Crippen MR) is 105 cm³/mol. The Balaban J connectivity index is 1.68. The number of hydrogen-bond acceptors (Lipinski definition) is 2. The van der Waals surface area contributed by atoms with Crippen molar-refractivity contribution in [1.29, 1.82) is 0 Å². The van der Waals surface area contributed by atoms with E-state index in [1.54, 1.807) is 24.3 Å². The zero-order valence-corrected chi connectivity index (χ0v) is 16.0. The second kappa shape index (κ2) is 6.76. The lowest BCUT2D eigenvalue weighted by Crippen LogP contribution is -2.40. The maximum absolute atomic E-state index is 12.8. The highest BCUT2D eigenvalue weighted by Crippen LogP contribution is 2.49. The van der Waals surface area contributed by atoms with Crippen molar-refractivity contribution in [3.8, 4) is 0 Å². The molecule has 0 unspecified atom stereocenters. The fourth-order valence-corrected chi connectivity index (χ4v) is 3.04. The first-order valence-corrected chi connectivity index (χ1v) is 9.08. The number of rotatable bonds is 4. The summed E-state index contributed by atoms with van der Waals surface area (Å²) >= 11 is 5.94. The zero-order valence-electron chi connectivity index (χ0n) is 15.2. The molecule has 26 heavy (non-hydrogen) atoms. The highest BCUT2D eigenvalue weighted by atomic mass is 35.5. The number of carbonyl (C=O) groups excluding carboxylic acids is 2. The second-order valence-corrected chi connectivity index (χ2v) is 8.26. The van der Waals surface area contributed by atoms with E-state index in [4.69, 9.17) is 11.6 Å². The Morgan fingerprint density at radius 1 is 0.962 bits per heavy atom. The number of amides is 2. The van der Waals surface area contributed by atoms with E-state index in [9.17, 15) is 9.59 Å². The Kier molecular flexibility index (Phi) is 4.80. The third kappa shape index (κ3) is 4.07. The normalized spacial score (nSPS) is 15.2. The molecule has 3 rings (SSSR count). The largest absolute Gasteiger partial charge is 0.347 e. The molecule has 0 heterocycles. The van der Waals surface area contributed by atoms with Gasteiger partial charge in [0.25, 0.3) is 5.91 Å². The minimum Gasteiger partial charge on any atom is -0.347 e. The number of carbonyl (C=O) groups is 2. The topological polar surface area (TPSA) is 58.2 Å². The Morgan fingerprint density at radius 3 is 2.04 bits per heavy atom. The maximum atomic E-state index is 12.8. The van der Waals surface area contributed by atoms with Gasteiger partial charge >= 0.3 is 0 Å². The summed E-state index contributed by atoms with van der Waals surface area (Å²) in [5, 5.41) is 6.55. The van der Waals surface area contributed by atoms with Crippen LogP contribution in [0.25, 0.3) is 0 Å². The van der Waals surface area contributed by atoms with Crippen molar-refractivity contribution in [2.24, 2.45) is 0 Å². The smallest absolute Gasteiger partial charge is 0.251 e. The maximum Gasteiger partial charge on any atom is 0.251 e. The number of anilines is 1. The van der Waals surface area contributed by atoms with Crippen LogP contribution < -0.4 is 10.6 Å². The van der Waals surface area contributed by atoms with Gasteiger partial charge in [0.15, 0.2) is 0 Å². The van der Waals surface area contributed by atoms with Crippen LogP contribution in [0.15, 0.2) is 48.5 Å². The number of nitrogens with one attached hydrogen (secondary N) is 2. The lowest BCUT2D eigenvalue weighted by Gasteiger charge is -2.20. The van der Waals surface area contributed by atoms with Crippen LogP contribution in [0.5, 0.6) is 0 Å². The van der Waals surface area contributed by atoms with Gasteiger partial charge in [-0.15, -0.1) is 0 Å². The lowest BCUT2D eigenvalue weighted by atomic mass is 9.95. The number of benzene rings is 2. The van der Waals surface area contributed by atoms with Crippen LogP contribution in [0, 0.1) is 0 Å². The van der Waals surface area contributed by atoms with E-state index in [-0.39, 0.29) is 17.4 Å². The van der Waals surface area contributed by atoms with Crippen LogP contribution >= 0.6 is 11.6 Å². The summed E-state index contributed by atoms with van der Waals surface area (Å²) in [6, 6.07) is 14.4. The van der Waals surface area contributed by atoms with Gasteiger partial charge in [0.2, 0.25) is 5.91 Å². The van der Waals surface area contributed by atoms with Gasteiger partial charge in [-0.3, -0.25) is 9.59 Å². The van der Waals surface area contributed by atoms with E-state index in [1.165, 1.54) is 0 Å². The Labute approximate surface area is 158 Å². The molecule has 2 amide bonds. The molecular weight excluding hydrogens is 348 g/mol. The fourth-order valence-electron chi connectivity index (χ4n) is 2.91. The first-order chi connectivity index (χ1) is 12.2. The van der Waals surface area contributed by atoms with Gasteiger partial charge in [-0.05, 0) is 75.6 Å². The standard InChI is InChI=1S/C21H23ClN2O2/c1-20(2,3)24-18(25)14-4-10-17(11-5-14)23-19(26)21(12-13-21)15-6-8-16(22)9-7-15/h4-11H,12-13H2,1-3H3,(H,23,26)(H,24,25). The average Bonchev–Trinajstić information content (AvgIpc) is 3.36. The molecule has 0 atom stereocenters. The third-order valence-electron chi connectivity index (χ3n) is 4.47. The highest BCUT2D eigenvalue weighted by Gasteiger charge is 2.51. The molecule has 0 bridgehead atoms. The molecule has 1 fully saturated rings. The SMILES string of the molecule is CC(C)(C)NC(=O)c1ccc(NC(=O)C2(c3ccc(Cl)cc3)CC2)cc1. The van der Waals surface area contributed by atoms with Crippen molar-refractivity contribution in [3.63, 3.8) is 0 Å². The van der Waals surface area contributed by atoms with Crippen molar-refractivity contribution < 1.29 is 9.59 Å². The van der Waals surface area contributed by atoms with E-state index in [0.29, 0.717) is 16.3 Å². The van der Waals surface area contributed by atoms with Gasteiger partial charge in [0.1, 0.15) is 0 Å². The molecule has 136 valence electrons. The molecule has 0 radical (unpaired) electrons. The fraction of sp³-hybridized carbons (Fsp3) is 0.333. The lowest BCUT2D eigenvalue weighted by molar-refractivity contribution is -0.118. The predicted octanol–water partition coefficient (Wildman–Crippen LogP) is 4.54. The van der Waals surface area contributed by atoms with Crippen LogP contribution in [0.1, 0.15) is 49.5 Å². The first kappa shape index (κ1) is 18.5. The van der Waals surface area contributed by atoms with E-state index in [2.05, 4.69) is 10.6 Å². The molecule has 0 spiro atoms. The molecule has 1 saturated carbocycles. The molecule has 1 aliphatic carbocycles. The van der Waals surface area contributed by atoms with Crippen LogP contribution in [0.4, 0.5) is 5.69 Å². The van der Waals surface area contributed by atoms with Gasteiger partial charge in [0, 0.05) is 21.8 Å². The third-order valence-corrected chi connectivity index (χ3v) is 4.73. The summed E-state index contributed by atoms with van der Waals surface area (Å²) in [5.74, 6) is -0.151. The summed E-state index contributed by atoms with van der Waals surface area (Å²) < 4.78 is 0. The first-order valence-electron chi connectivity index (χ1n) is 8.70. The second-order valence-electron chi connectivity index (χ2n) is 7.82. The van der Waals surface area contributed by atoms with Crippen molar-refractivity contribution in [2.45, 2.75) is 44.6 Å². The average molecular weight is 371 g/mol. The van der Waals surface area contributed by atoms with Crippen molar-refractivity contribution in [3.05, 3.63) is 64.7 Å². The summed E-state index contributed by atoms with van der Waals surface area (Å²) in [4.78, 5) is 24.9. The van der Waals surface area contributed by atoms with E-state index in [0.717, 1.165) is 18.4 Å². The molecule has 2 aromatic carbocycles. The molecule has 0 aliphatic heterocycles. The summed E-state index contributed by atoms with van der Waals surface area (Å²) in [7, 11) is 0. The summed E-state index contributed by atoms with van der Waals surface area (Å²) in [6.07, 6.45) is 1.65. The van der Waals surface area contributed by atoms with E-state index < -0.39 is 5.41 Å². The van der Waals surface area contributed by atoms with E-state index in [1.807, 2.05) is 45.0 Å². The van der Waals surface area contributed by atoms with Crippen LogP contribution in [-0.4, -0.2) is 17.4 Å². The van der Waals surface area contributed by atoms with Gasteiger partial charge in [0.05, 0.1) is 5.41 Å². The molecule has 0 saturated heterocycles. The van der Waals surface area contributed by atoms with Gasteiger partial charge in [-0.2, -0.15) is 0 Å². The quantitative estimate of drug-likeness (QED) is 0.830. The van der Waals surface area contributed by atoms with Crippen LogP contribution in [-0.2, 0) is 10.2 Å². The molecule has 0 aromatic heterocycles. The van der Waals surface area contributed by atoms with Crippen molar-refractivity contribution in [2.75, 3.05) is 5.32 Å². The monoisotopic (exact) mass is 370 g/mol. The Bertz CT molecular complexity index is 817.